The van der Waals surface area contributed by atoms with Gasteiger partial charge in [-0.2, -0.15) is 5.26 Å². The number of nitrogens with one attached hydrogen (secondary N) is 1. The Hall–Kier alpha value is -2.45. The van der Waals surface area contributed by atoms with Gasteiger partial charge in [-0.25, -0.2) is 0 Å². The number of carbonyl (C=O) groups is 1. The average Bonchev–Trinajstić information content (AvgIpc) is 2.61. The minimum absolute atomic E-state index is 0.0411. The summed E-state index contributed by atoms with van der Waals surface area (Å²) in [4.78, 5) is 12.3. The number of nitriles is 1. The molecule has 1 atom stereocenters. The first-order chi connectivity index (χ1) is 11.6. The van der Waals surface area contributed by atoms with E-state index in [4.69, 9.17) is 10.00 Å². The Labute approximate surface area is 146 Å². The van der Waals surface area contributed by atoms with Gasteiger partial charge in [0, 0.05) is 11.4 Å². The number of hydrogen-bond donors (Lipinski definition) is 1. The Morgan fingerprint density at radius 3 is 2.71 bits per heavy atom. The minimum atomic E-state index is -0.192. The van der Waals surface area contributed by atoms with Gasteiger partial charge < -0.3 is 10.1 Å². The SMILES string of the molecule is CCOc1ccc(NC(=O)C(C)SCc2cccc(C#N)c2)cc1. The fourth-order valence-corrected chi connectivity index (χ4v) is 2.90. The second kappa shape index (κ2) is 8.99. The maximum atomic E-state index is 12.3. The molecule has 0 aliphatic heterocycles. The molecule has 2 aromatic rings. The summed E-state index contributed by atoms with van der Waals surface area (Å²) >= 11 is 1.54. The number of benzene rings is 2. The third kappa shape index (κ3) is 5.32. The maximum Gasteiger partial charge on any atom is 0.237 e. The molecule has 2 rings (SSSR count). The first-order valence-corrected chi connectivity index (χ1v) is 8.81. The minimum Gasteiger partial charge on any atom is -0.494 e. The molecule has 0 heterocycles. The Bertz CT molecular complexity index is 723. The van der Waals surface area contributed by atoms with Gasteiger partial charge in [0.25, 0.3) is 0 Å². The van der Waals surface area contributed by atoms with E-state index in [1.54, 1.807) is 17.8 Å². The summed E-state index contributed by atoms with van der Waals surface area (Å²) in [6.07, 6.45) is 0. The first-order valence-electron chi connectivity index (χ1n) is 7.76. The van der Waals surface area contributed by atoms with Crippen molar-refractivity contribution in [1.82, 2.24) is 0 Å². The second-order valence-corrected chi connectivity index (χ2v) is 6.54. The van der Waals surface area contributed by atoms with Crippen LogP contribution < -0.4 is 10.1 Å². The van der Waals surface area contributed by atoms with Crippen LogP contribution in [0.4, 0.5) is 5.69 Å². The average molecular weight is 340 g/mol. The normalized spacial score (nSPS) is 11.4. The molecule has 1 N–H and O–H groups in total. The van der Waals surface area contributed by atoms with Crippen LogP contribution in [0.25, 0.3) is 0 Å². The van der Waals surface area contributed by atoms with Crippen LogP contribution in [0.1, 0.15) is 25.0 Å². The monoisotopic (exact) mass is 340 g/mol. The van der Waals surface area contributed by atoms with Gasteiger partial charge in [0.1, 0.15) is 5.75 Å². The zero-order chi connectivity index (χ0) is 17.4. The Kier molecular flexibility index (Phi) is 6.71. The smallest absolute Gasteiger partial charge is 0.237 e. The molecule has 0 saturated carbocycles. The Morgan fingerprint density at radius 2 is 2.04 bits per heavy atom. The lowest BCUT2D eigenvalue weighted by atomic mass is 10.2. The van der Waals surface area contributed by atoms with Gasteiger partial charge in [0.15, 0.2) is 0 Å². The summed E-state index contributed by atoms with van der Waals surface area (Å²) in [5.74, 6) is 1.43. The number of thioether (sulfide) groups is 1. The zero-order valence-corrected chi connectivity index (χ0v) is 14.6. The van der Waals surface area contributed by atoms with E-state index in [2.05, 4.69) is 11.4 Å². The van der Waals surface area contributed by atoms with Crippen LogP contribution in [0.15, 0.2) is 48.5 Å². The van der Waals surface area contributed by atoms with Gasteiger partial charge in [-0.15, -0.1) is 11.8 Å². The van der Waals surface area contributed by atoms with Crippen molar-refractivity contribution in [2.45, 2.75) is 24.9 Å². The second-order valence-electron chi connectivity index (χ2n) is 5.21. The molecule has 1 unspecified atom stereocenters. The van der Waals surface area contributed by atoms with Crippen molar-refractivity contribution in [2.24, 2.45) is 0 Å². The van der Waals surface area contributed by atoms with E-state index in [0.717, 1.165) is 17.0 Å². The van der Waals surface area contributed by atoms with Crippen LogP contribution in [0.5, 0.6) is 5.75 Å². The van der Waals surface area contributed by atoms with Crippen molar-refractivity contribution in [3.63, 3.8) is 0 Å². The van der Waals surface area contributed by atoms with E-state index < -0.39 is 0 Å². The van der Waals surface area contributed by atoms with Crippen LogP contribution in [0.2, 0.25) is 0 Å². The molecular weight excluding hydrogens is 320 g/mol. The van der Waals surface area contributed by atoms with Gasteiger partial charge >= 0.3 is 0 Å². The van der Waals surface area contributed by atoms with Gasteiger partial charge in [-0.3, -0.25) is 4.79 Å². The van der Waals surface area contributed by atoms with Gasteiger partial charge in [0.2, 0.25) is 5.91 Å². The summed E-state index contributed by atoms with van der Waals surface area (Å²) < 4.78 is 5.38. The van der Waals surface area contributed by atoms with Gasteiger partial charge in [0.05, 0.1) is 23.5 Å². The maximum absolute atomic E-state index is 12.3. The summed E-state index contributed by atoms with van der Waals surface area (Å²) in [7, 11) is 0. The molecule has 124 valence electrons. The van der Waals surface area contributed by atoms with E-state index in [1.165, 1.54) is 0 Å². The number of rotatable bonds is 7. The topological polar surface area (TPSA) is 62.1 Å². The standard InChI is InChI=1S/C19H20N2O2S/c1-3-23-18-9-7-17(8-10-18)21-19(22)14(2)24-13-16-6-4-5-15(11-16)12-20/h4-11,14H,3,13H2,1-2H3,(H,21,22). The quantitative estimate of drug-likeness (QED) is 0.820. The molecule has 4 nitrogen and oxygen atoms in total. The zero-order valence-electron chi connectivity index (χ0n) is 13.8. The van der Waals surface area contributed by atoms with E-state index in [0.29, 0.717) is 17.9 Å². The van der Waals surface area contributed by atoms with Crippen LogP contribution >= 0.6 is 11.8 Å². The molecular formula is C19H20N2O2S. The van der Waals surface area contributed by atoms with Crippen molar-refractivity contribution in [3.8, 4) is 11.8 Å². The van der Waals surface area contributed by atoms with Crippen molar-refractivity contribution in [1.29, 1.82) is 5.26 Å². The van der Waals surface area contributed by atoms with Crippen LogP contribution in [0, 0.1) is 11.3 Å². The van der Waals surface area contributed by atoms with Gasteiger partial charge in [-0.05, 0) is 55.8 Å². The number of anilines is 1. The molecule has 0 spiro atoms. The van der Waals surface area contributed by atoms with Gasteiger partial charge in [-0.1, -0.05) is 12.1 Å². The molecule has 0 aromatic heterocycles. The fraction of sp³-hybridized carbons (Fsp3) is 0.263. The van der Waals surface area contributed by atoms with E-state index in [9.17, 15) is 4.79 Å². The first kappa shape index (κ1) is 17.9. The third-order valence-corrected chi connectivity index (χ3v) is 4.57. The molecule has 0 fully saturated rings. The van der Waals surface area contributed by atoms with E-state index in [-0.39, 0.29) is 11.2 Å². The highest BCUT2D eigenvalue weighted by Gasteiger charge is 2.13. The molecule has 5 heteroatoms. The van der Waals surface area contributed by atoms with E-state index >= 15 is 0 Å². The molecule has 24 heavy (non-hydrogen) atoms. The highest BCUT2D eigenvalue weighted by molar-refractivity contribution is 7.99. The van der Waals surface area contributed by atoms with Crippen molar-refractivity contribution in [3.05, 3.63) is 59.7 Å². The molecule has 0 bridgehead atoms. The summed E-state index contributed by atoms with van der Waals surface area (Å²) in [5.41, 5.74) is 2.43. The predicted octanol–water partition coefficient (Wildman–Crippen LogP) is 4.22. The largest absolute Gasteiger partial charge is 0.494 e. The Balaban J connectivity index is 1.86. The lowest BCUT2D eigenvalue weighted by molar-refractivity contribution is -0.115. The van der Waals surface area contributed by atoms with E-state index in [1.807, 2.05) is 56.3 Å². The molecule has 0 radical (unpaired) electrons. The molecule has 0 aliphatic carbocycles. The summed E-state index contributed by atoms with van der Waals surface area (Å²) in [6.45, 7) is 4.43. The highest BCUT2D eigenvalue weighted by Crippen LogP contribution is 2.21. The number of ether oxygens (including phenoxy) is 1. The van der Waals surface area contributed by atoms with Crippen molar-refractivity contribution in [2.75, 3.05) is 11.9 Å². The molecule has 0 aliphatic rings. The number of hydrogen-bond acceptors (Lipinski definition) is 4. The molecule has 0 saturated heterocycles. The van der Waals surface area contributed by atoms with Crippen molar-refractivity contribution < 1.29 is 9.53 Å². The number of carbonyl (C=O) groups excluding carboxylic acids is 1. The van der Waals surface area contributed by atoms with Crippen LogP contribution in [-0.2, 0) is 10.5 Å². The van der Waals surface area contributed by atoms with Crippen LogP contribution in [0.3, 0.4) is 0 Å². The lowest BCUT2D eigenvalue weighted by Crippen LogP contribution is -2.22. The third-order valence-electron chi connectivity index (χ3n) is 3.36. The van der Waals surface area contributed by atoms with Crippen LogP contribution in [-0.4, -0.2) is 17.8 Å². The molecule has 1 amide bonds. The summed E-state index contributed by atoms with van der Waals surface area (Å²) in [6, 6.07) is 16.9. The predicted molar refractivity (Wildman–Crippen MR) is 98.2 cm³/mol. The highest BCUT2D eigenvalue weighted by atomic mass is 32.2. The fourth-order valence-electron chi connectivity index (χ4n) is 2.07. The summed E-state index contributed by atoms with van der Waals surface area (Å²) in [5, 5.41) is 11.6. The lowest BCUT2D eigenvalue weighted by Gasteiger charge is -2.12. The Morgan fingerprint density at radius 1 is 1.29 bits per heavy atom. The number of amides is 1. The number of nitrogens with zero attached hydrogens (tertiary/aromatic N) is 1. The van der Waals surface area contributed by atoms with Crippen molar-refractivity contribution >= 4 is 23.4 Å². The molecule has 2 aromatic carbocycles.